The Labute approximate surface area is 262 Å². The van der Waals surface area contributed by atoms with E-state index in [1.165, 1.54) is 16.2 Å². The molecular formula is C31H44ClN5O5S. The number of hydrogen-bond acceptors (Lipinski definition) is 8. The average Bonchev–Trinajstić information content (AvgIpc) is 3.56. The van der Waals surface area contributed by atoms with Crippen molar-refractivity contribution in [1.82, 2.24) is 25.8 Å². The highest BCUT2D eigenvalue weighted by atomic mass is 35.5. The lowest BCUT2D eigenvalue weighted by atomic mass is 9.85. The smallest absolute Gasteiger partial charge is 0.246 e. The lowest BCUT2D eigenvalue weighted by Gasteiger charge is -2.35. The first-order valence-corrected chi connectivity index (χ1v) is 16.2. The van der Waals surface area contributed by atoms with Gasteiger partial charge >= 0.3 is 0 Å². The van der Waals surface area contributed by atoms with Crippen molar-refractivity contribution in [3.63, 3.8) is 0 Å². The molecule has 4 rings (SSSR count). The van der Waals surface area contributed by atoms with E-state index in [0.717, 1.165) is 47.6 Å². The van der Waals surface area contributed by atoms with Crippen molar-refractivity contribution >= 4 is 40.7 Å². The fraction of sp³-hybridized carbons (Fsp3) is 0.613. The van der Waals surface area contributed by atoms with Gasteiger partial charge in [-0.15, -0.1) is 11.3 Å². The maximum Gasteiger partial charge on any atom is 0.246 e. The number of aliphatic hydroxyl groups excluding tert-OH is 1. The number of aliphatic hydroxyl groups is 1. The van der Waals surface area contributed by atoms with Gasteiger partial charge in [-0.2, -0.15) is 0 Å². The second kappa shape index (κ2) is 14.5. The van der Waals surface area contributed by atoms with Crippen molar-refractivity contribution in [2.75, 3.05) is 32.8 Å². The van der Waals surface area contributed by atoms with Crippen LogP contribution in [-0.4, -0.2) is 83.7 Å². The van der Waals surface area contributed by atoms with E-state index in [1.807, 2.05) is 52.8 Å². The predicted octanol–water partition coefficient (Wildman–Crippen LogP) is 3.46. The predicted molar refractivity (Wildman–Crippen MR) is 168 cm³/mol. The van der Waals surface area contributed by atoms with Gasteiger partial charge in [0, 0.05) is 23.6 Å². The van der Waals surface area contributed by atoms with Gasteiger partial charge in [-0.25, -0.2) is 4.98 Å². The molecule has 0 bridgehead atoms. The summed E-state index contributed by atoms with van der Waals surface area (Å²) < 4.78 is 5.68. The van der Waals surface area contributed by atoms with Gasteiger partial charge in [-0.1, -0.05) is 44.5 Å². The molecule has 2 aromatic rings. The molecule has 236 valence electrons. The van der Waals surface area contributed by atoms with E-state index >= 15 is 0 Å². The first-order valence-electron chi connectivity index (χ1n) is 14.9. The van der Waals surface area contributed by atoms with Gasteiger partial charge in [0.25, 0.3) is 0 Å². The molecule has 3 amide bonds. The number of ether oxygens (including phenoxy) is 1. The van der Waals surface area contributed by atoms with Crippen LogP contribution in [0, 0.1) is 18.3 Å². The van der Waals surface area contributed by atoms with Crippen molar-refractivity contribution in [3.8, 4) is 10.4 Å². The molecule has 43 heavy (non-hydrogen) atoms. The molecule has 4 atom stereocenters. The Hall–Kier alpha value is -2.57. The minimum Gasteiger partial charge on any atom is -0.391 e. The average molecular weight is 634 g/mol. The van der Waals surface area contributed by atoms with Crippen LogP contribution in [0.5, 0.6) is 0 Å². The summed E-state index contributed by atoms with van der Waals surface area (Å²) in [5.74, 6) is -0.750. The second-order valence-corrected chi connectivity index (χ2v) is 14.0. The number of benzene rings is 1. The van der Waals surface area contributed by atoms with Crippen molar-refractivity contribution < 1.29 is 24.2 Å². The van der Waals surface area contributed by atoms with E-state index in [4.69, 9.17) is 16.3 Å². The fourth-order valence-corrected chi connectivity index (χ4v) is 6.81. The summed E-state index contributed by atoms with van der Waals surface area (Å²) >= 11 is 8.13. The first kappa shape index (κ1) is 33.3. The number of aryl methyl sites for hydroxylation is 1. The van der Waals surface area contributed by atoms with Gasteiger partial charge in [-0.3, -0.25) is 14.4 Å². The quantitative estimate of drug-likeness (QED) is 0.315. The number of rotatable bonds is 10. The van der Waals surface area contributed by atoms with Crippen LogP contribution in [-0.2, 0) is 19.1 Å². The number of nitrogens with one attached hydrogen (secondary N) is 3. The number of piperidine rings is 1. The van der Waals surface area contributed by atoms with E-state index in [1.54, 1.807) is 5.51 Å². The molecular weight excluding hydrogens is 590 g/mol. The van der Waals surface area contributed by atoms with E-state index in [9.17, 15) is 19.5 Å². The van der Waals surface area contributed by atoms with Crippen LogP contribution in [0.1, 0.15) is 64.3 Å². The van der Waals surface area contributed by atoms with Crippen LogP contribution in [0.4, 0.5) is 0 Å². The maximum absolute atomic E-state index is 13.8. The Bertz CT molecular complexity index is 1290. The number of halogens is 1. The largest absolute Gasteiger partial charge is 0.391 e. The Morgan fingerprint density at radius 2 is 1.95 bits per heavy atom. The number of amides is 3. The molecule has 2 fully saturated rings. The molecule has 2 aliphatic rings. The van der Waals surface area contributed by atoms with Gasteiger partial charge < -0.3 is 30.7 Å². The first-order chi connectivity index (χ1) is 20.3. The van der Waals surface area contributed by atoms with Crippen molar-refractivity contribution in [2.45, 2.75) is 78.1 Å². The van der Waals surface area contributed by atoms with E-state index in [2.05, 4.69) is 20.9 Å². The topological polar surface area (TPSA) is 133 Å². The van der Waals surface area contributed by atoms with Crippen LogP contribution in [0.2, 0.25) is 5.02 Å². The minimum absolute atomic E-state index is 0.00862. The third-order valence-electron chi connectivity index (χ3n) is 8.17. The van der Waals surface area contributed by atoms with Gasteiger partial charge in [-0.05, 0) is 62.7 Å². The zero-order valence-corrected chi connectivity index (χ0v) is 27.2. The standard InChI is InChI=1S/C31H44ClN5O5S/c1-18(21-6-7-23(24(32)12-21)27-19(2)34-17-43-27)35-29(40)25-13-22(38)14-37(25)30(41)28(31(3,4)5)36-26(39)16-42-15-20-8-10-33-11-9-20/h6-7,12,17-18,20,22,25,28,33,38H,8-11,13-16H2,1-5H3,(H,35,40)(H,36,39)/t18-,22+,25-,28?/m0/s1. The molecule has 1 aromatic heterocycles. The second-order valence-electron chi connectivity index (χ2n) is 12.7. The minimum atomic E-state index is -0.901. The Balaban J connectivity index is 1.39. The summed E-state index contributed by atoms with van der Waals surface area (Å²) in [4.78, 5) is 46.8. The Morgan fingerprint density at radius 1 is 1.23 bits per heavy atom. The van der Waals surface area contributed by atoms with Crippen molar-refractivity contribution in [1.29, 1.82) is 0 Å². The summed E-state index contributed by atoms with van der Waals surface area (Å²) in [6.45, 7) is 11.6. The zero-order chi connectivity index (χ0) is 31.3. The highest BCUT2D eigenvalue weighted by molar-refractivity contribution is 7.13. The number of carbonyl (C=O) groups excluding carboxylic acids is 3. The zero-order valence-electron chi connectivity index (χ0n) is 25.6. The van der Waals surface area contributed by atoms with Gasteiger partial charge in [0.05, 0.1) is 34.8 Å². The van der Waals surface area contributed by atoms with E-state index in [0.29, 0.717) is 17.5 Å². The third-order valence-corrected chi connectivity index (χ3v) is 9.45. The van der Waals surface area contributed by atoms with Crippen molar-refractivity contribution in [3.05, 3.63) is 40.0 Å². The van der Waals surface area contributed by atoms with Gasteiger partial charge in [0.2, 0.25) is 17.7 Å². The lowest BCUT2D eigenvalue weighted by molar-refractivity contribution is -0.144. The molecule has 12 heteroatoms. The van der Waals surface area contributed by atoms with E-state index in [-0.39, 0.29) is 31.4 Å². The molecule has 1 unspecified atom stereocenters. The number of likely N-dealkylation sites (tertiary alicyclic amines) is 1. The lowest BCUT2D eigenvalue weighted by Crippen LogP contribution is -2.58. The molecule has 4 N–H and O–H groups in total. The maximum atomic E-state index is 13.8. The highest BCUT2D eigenvalue weighted by Gasteiger charge is 2.44. The van der Waals surface area contributed by atoms with Crippen LogP contribution in [0.15, 0.2) is 23.7 Å². The number of nitrogens with zero attached hydrogens (tertiary/aromatic N) is 2. The molecule has 1 aromatic carbocycles. The number of aromatic nitrogens is 1. The van der Waals surface area contributed by atoms with E-state index < -0.39 is 35.6 Å². The van der Waals surface area contributed by atoms with Crippen LogP contribution < -0.4 is 16.0 Å². The molecule has 3 heterocycles. The molecule has 0 aliphatic carbocycles. The molecule has 0 spiro atoms. The van der Waals surface area contributed by atoms with Gasteiger partial charge in [0.15, 0.2) is 0 Å². The SMILES string of the molecule is Cc1ncsc1-c1ccc([C@H](C)NC(=O)[C@@H]2C[C@@H](O)CN2C(=O)C(NC(=O)COCC2CCNCC2)C(C)(C)C)cc1Cl. The molecule has 0 saturated carbocycles. The molecule has 2 saturated heterocycles. The molecule has 2 aliphatic heterocycles. The summed E-state index contributed by atoms with van der Waals surface area (Å²) in [5, 5.41) is 20.2. The summed E-state index contributed by atoms with van der Waals surface area (Å²) in [7, 11) is 0. The normalized spacial score (nSPS) is 21.0. The summed E-state index contributed by atoms with van der Waals surface area (Å²) in [6.07, 6.45) is 1.28. The highest BCUT2D eigenvalue weighted by Crippen LogP contribution is 2.35. The van der Waals surface area contributed by atoms with Gasteiger partial charge in [0.1, 0.15) is 18.7 Å². The van der Waals surface area contributed by atoms with Crippen LogP contribution in [0.25, 0.3) is 10.4 Å². The van der Waals surface area contributed by atoms with Crippen molar-refractivity contribution in [2.24, 2.45) is 11.3 Å². The Kier molecular flexibility index (Phi) is 11.2. The molecule has 10 nitrogen and oxygen atoms in total. The number of carbonyl (C=O) groups is 3. The fourth-order valence-electron chi connectivity index (χ4n) is 5.63. The summed E-state index contributed by atoms with van der Waals surface area (Å²) in [5.41, 5.74) is 3.73. The number of β-amino-alcohol motifs (C(OH)–C–C–N with tert-alkyl or cyclic N) is 1. The number of hydrogen-bond donors (Lipinski definition) is 4. The summed E-state index contributed by atoms with van der Waals surface area (Å²) in [6, 6.07) is 3.48. The van der Waals surface area contributed by atoms with Crippen LogP contribution >= 0.6 is 22.9 Å². The Morgan fingerprint density at radius 3 is 2.58 bits per heavy atom. The third kappa shape index (κ3) is 8.54. The molecule has 0 radical (unpaired) electrons. The monoisotopic (exact) mass is 633 g/mol. The van der Waals surface area contributed by atoms with Crippen LogP contribution in [0.3, 0.4) is 0 Å². The number of thiazole rings is 1.